The van der Waals surface area contributed by atoms with Crippen LogP contribution in [0.3, 0.4) is 0 Å². The van der Waals surface area contributed by atoms with Gasteiger partial charge < -0.3 is 15.2 Å². The Morgan fingerprint density at radius 3 is 2.71 bits per heavy atom. The van der Waals surface area contributed by atoms with E-state index in [1.807, 2.05) is 17.1 Å². The molecule has 1 aromatic carbocycles. The standard InChI is InChI=1S/C16H23N5/c1-19-8-9-20(16(10-17)12-19)11-14-2-4-15(5-3-14)21-7-6-18-13-21/h2-7,13,16H,8-12,17H2,1H3. The SMILES string of the molecule is CN1CCN(Cc2ccc(-n3ccnc3)cc2)C(CN)C1. The smallest absolute Gasteiger partial charge is 0.0991 e. The number of rotatable bonds is 4. The first-order valence-corrected chi connectivity index (χ1v) is 7.46. The van der Waals surface area contributed by atoms with Crippen molar-refractivity contribution in [1.82, 2.24) is 19.4 Å². The molecule has 2 N–H and O–H groups in total. The van der Waals surface area contributed by atoms with Crippen LogP contribution >= 0.6 is 0 Å². The fourth-order valence-corrected chi connectivity index (χ4v) is 2.90. The Bertz CT molecular complexity index is 549. The highest BCUT2D eigenvalue weighted by Crippen LogP contribution is 2.15. The number of hydrogen-bond donors (Lipinski definition) is 1. The maximum Gasteiger partial charge on any atom is 0.0991 e. The van der Waals surface area contributed by atoms with Crippen molar-refractivity contribution >= 4 is 0 Å². The summed E-state index contributed by atoms with van der Waals surface area (Å²) in [5, 5.41) is 0. The number of benzene rings is 1. The third kappa shape index (κ3) is 3.32. The molecule has 0 aliphatic carbocycles. The maximum atomic E-state index is 5.92. The van der Waals surface area contributed by atoms with E-state index in [-0.39, 0.29) is 0 Å². The van der Waals surface area contributed by atoms with Crippen molar-refractivity contribution in [2.24, 2.45) is 5.73 Å². The lowest BCUT2D eigenvalue weighted by atomic mass is 10.1. The summed E-state index contributed by atoms with van der Waals surface area (Å²) in [6.45, 7) is 4.95. The van der Waals surface area contributed by atoms with Gasteiger partial charge in [0.1, 0.15) is 0 Å². The van der Waals surface area contributed by atoms with Crippen LogP contribution in [-0.4, -0.2) is 58.6 Å². The number of hydrogen-bond acceptors (Lipinski definition) is 4. The van der Waals surface area contributed by atoms with Crippen molar-refractivity contribution in [2.75, 3.05) is 33.2 Å². The third-order valence-electron chi connectivity index (χ3n) is 4.20. The fraction of sp³-hybridized carbons (Fsp3) is 0.438. The molecule has 0 radical (unpaired) electrons. The van der Waals surface area contributed by atoms with Crippen molar-refractivity contribution in [2.45, 2.75) is 12.6 Å². The van der Waals surface area contributed by atoms with Gasteiger partial charge in [-0.15, -0.1) is 0 Å². The summed E-state index contributed by atoms with van der Waals surface area (Å²) in [7, 11) is 2.17. The topological polar surface area (TPSA) is 50.3 Å². The molecule has 0 saturated carbocycles. The number of imidazole rings is 1. The van der Waals surface area contributed by atoms with Crippen molar-refractivity contribution in [3.8, 4) is 5.69 Å². The molecule has 2 heterocycles. The summed E-state index contributed by atoms with van der Waals surface area (Å²) in [5.41, 5.74) is 8.40. The molecule has 1 saturated heterocycles. The molecule has 1 fully saturated rings. The largest absolute Gasteiger partial charge is 0.329 e. The van der Waals surface area contributed by atoms with E-state index in [9.17, 15) is 0 Å². The molecular formula is C16H23N5. The van der Waals surface area contributed by atoms with Gasteiger partial charge in [0.15, 0.2) is 0 Å². The van der Waals surface area contributed by atoms with Crippen molar-refractivity contribution < 1.29 is 0 Å². The molecule has 1 atom stereocenters. The Morgan fingerprint density at radius 2 is 2.05 bits per heavy atom. The van der Waals surface area contributed by atoms with Gasteiger partial charge in [0.05, 0.1) is 6.33 Å². The van der Waals surface area contributed by atoms with Crippen LogP contribution < -0.4 is 5.73 Å². The average Bonchev–Trinajstić information content (AvgIpc) is 3.04. The second-order valence-electron chi connectivity index (χ2n) is 5.76. The van der Waals surface area contributed by atoms with Crippen LogP contribution in [-0.2, 0) is 6.54 Å². The summed E-state index contributed by atoms with van der Waals surface area (Å²) >= 11 is 0. The Balaban J connectivity index is 1.67. The van der Waals surface area contributed by atoms with Crippen LogP contribution in [0.2, 0.25) is 0 Å². The Labute approximate surface area is 126 Å². The van der Waals surface area contributed by atoms with Gasteiger partial charge in [0.2, 0.25) is 0 Å². The van der Waals surface area contributed by atoms with Crippen LogP contribution in [0.15, 0.2) is 43.0 Å². The van der Waals surface area contributed by atoms with Crippen molar-refractivity contribution in [1.29, 1.82) is 0 Å². The molecule has 1 aromatic heterocycles. The monoisotopic (exact) mass is 285 g/mol. The highest BCUT2D eigenvalue weighted by molar-refractivity contribution is 5.34. The lowest BCUT2D eigenvalue weighted by Gasteiger charge is -2.39. The molecule has 3 rings (SSSR count). The summed E-state index contributed by atoms with van der Waals surface area (Å²) < 4.78 is 2.02. The van der Waals surface area contributed by atoms with Gasteiger partial charge in [0, 0.05) is 56.8 Å². The highest BCUT2D eigenvalue weighted by Gasteiger charge is 2.23. The second-order valence-corrected chi connectivity index (χ2v) is 5.76. The van der Waals surface area contributed by atoms with Gasteiger partial charge >= 0.3 is 0 Å². The number of nitrogens with zero attached hydrogens (tertiary/aromatic N) is 4. The molecule has 21 heavy (non-hydrogen) atoms. The lowest BCUT2D eigenvalue weighted by Crippen LogP contribution is -2.54. The maximum absolute atomic E-state index is 5.92. The molecule has 1 unspecified atom stereocenters. The first-order valence-electron chi connectivity index (χ1n) is 7.46. The summed E-state index contributed by atoms with van der Waals surface area (Å²) in [5.74, 6) is 0. The zero-order chi connectivity index (χ0) is 14.7. The van der Waals surface area contributed by atoms with E-state index in [4.69, 9.17) is 5.73 Å². The Hall–Kier alpha value is -1.69. The third-order valence-corrected chi connectivity index (χ3v) is 4.20. The lowest BCUT2D eigenvalue weighted by molar-refractivity contribution is 0.0881. The predicted molar refractivity (Wildman–Crippen MR) is 84.3 cm³/mol. The van der Waals surface area contributed by atoms with Crippen molar-refractivity contribution in [3.05, 3.63) is 48.5 Å². The van der Waals surface area contributed by atoms with Gasteiger partial charge in [0.25, 0.3) is 0 Å². The number of piperazine rings is 1. The van der Waals surface area contributed by atoms with E-state index in [1.54, 1.807) is 6.20 Å². The summed E-state index contributed by atoms with van der Waals surface area (Å²) in [6.07, 6.45) is 5.57. The van der Waals surface area contributed by atoms with Crippen LogP contribution in [0.1, 0.15) is 5.56 Å². The molecule has 5 heteroatoms. The van der Waals surface area contributed by atoms with E-state index in [1.165, 1.54) is 5.56 Å². The van der Waals surface area contributed by atoms with Gasteiger partial charge in [-0.1, -0.05) is 12.1 Å². The van der Waals surface area contributed by atoms with E-state index in [0.717, 1.165) is 38.4 Å². The zero-order valence-corrected chi connectivity index (χ0v) is 12.5. The van der Waals surface area contributed by atoms with E-state index >= 15 is 0 Å². The first-order chi connectivity index (χ1) is 10.3. The minimum Gasteiger partial charge on any atom is -0.329 e. The van der Waals surface area contributed by atoms with Gasteiger partial charge in [-0.2, -0.15) is 0 Å². The average molecular weight is 285 g/mol. The van der Waals surface area contributed by atoms with Crippen molar-refractivity contribution in [3.63, 3.8) is 0 Å². The van der Waals surface area contributed by atoms with Crippen LogP contribution in [0, 0.1) is 0 Å². The zero-order valence-electron chi connectivity index (χ0n) is 12.5. The van der Waals surface area contributed by atoms with Gasteiger partial charge in [-0.25, -0.2) is 4.98 Å². The number of aromatic nitrogens is 2. The Kier molecular flexibility index (Phi) is 4.34. The minimum absolute atomic E-state index is 0.456. The predicted octanol–water partition coefficient (Wildman–Crippen LogP) is 0.947. The fourth-order valence-electron chi connectivity index (χ4n) is 2.90. The first kappa shape index (κ1) is 14.3. The Morgan fingerprint density at radius 1 is 1.24 bits per heavy atom. The van der Waals surface area contributed by atoms with Gasteiger partial charge in [-0.3, -0.25) is 4.90 Å². The molecule has 0 amide bonds. The summed E-state index contributed by atoms with van der Waals surface area (Å²) in [4.78, 5) is 8.93. The molecule has 1 aliphatic rings. The highest BCUT2D eigenvalue weighted by atomic mass is 15.3. The summed E-state index contributed by atoms with van der Waals surface area (Å²) in [6, 6.07) is 9.13. The molecule has 0 bridgehead atoms. The van der Waals surface area contributed by atoms with Gasteiger partial charge in [-0.05, 0) is 24.7 Å². The van der Waals surface area contributed by atoms with Crippen LogP contribution in [0.5, 0.6) is 0 Å². The molecule has 1 aliphatic heterocycles. The van der Waals surface area contributed by atoms with E-state index < -0.39 is 0 Å². The minimum atomic E-state index is 0.456. The molecule has 0 spiro atoms. The molecule has 5 nitrogen and oxygen atoms in total. The normalized spacial score (nSPS) is 20.8. The number of nitrogens with two attached hydrogens (primary N) is 1. The molecular weight excluding hydrogens is 262 g/mol. The van der Waals surface area contributed by atoms with E-state index in [0.29, 0.717) is 6.04 Å². The van der Waals surface area contributed by atoms with E-state index in [2.05, 4.69) is 46.1 Å². The van der Waals surface area contributed by atoms with Crippen LogP contribution in [0.25, 0.3) is 5.69 Å². The second kappa shape index (κ2) is 6.39. The molecule has 112 valence electrons. The quantitative estimate of drug-likeness (QED) is 0.908. The van der Waals surface area contributed by atoms with Crippen LogP contribution in [0.4, 0.5) is 0 Å². The number of likely N-dealkylation sites (N-methyl/N-ethyl adjacent to an activating group) is 1. The molecule has 2 aromatic rings.